The number of aliphatic hydroxyl groups excluding tert-OH is 1. The van der Waals surface area contributed by atoms with Gasteiger partial charge < -0.3 is 10.0 Å². The van der Waals surface area contributed by atoms with Crippen LogP contribution in [0.3, 0.4) is 0 Å². The summed E-state index contributed by atoms with van der Waals surface area (Å²) >= 11 is 1.21. The van der Waals surface area contributed by atoms with Crippen LogP contribution in [-0.2, 0) is 5.41 Å². The Morgan fingerprint density at radius 2 is 2.16 bits per heavy atom. The molecule has 25 heavy (non-hydrogen) atoms. The molecule has 3 heterocycles. The summed E-state index contributed by atoms with van der Waals surface area (Å²) < 4.78 is 3.81. The predicted octanol–water partition coefficient (Wildman–Crippen LogP) is 1.25. The van der Waals surface area contributed by atoms with E-state index in [1.165, 1.54) is 17.1 Å². The Balaban J connectivity index is 1.60. The summed E-state index contributed by atoms with van der Waals surface area (Å²) in [6.45, 7) is 4.18. The topological polar surface area (TPSA) is 69.6 Å². The van der Waals surface area contributed by atoms with Gasteiger partial charge in [-0.15, -0.1) is 5.10 Å². The Kier molecular flexibility index (Phi) is 4.54. The van der Waals surface area contributed by atoms with E-state index in [1.807, 2.05) is 11.0 Å². The molecule has 0 unspecified atom stereocenters. The largest absolute Gasteiger partial charge is 0.395 e. The van der Waals surface area contributed by atoms with Crippen LogP contribution < -0.4 is 0 Å². The molecule has 0 bridgehead atoms. The molecule has 132 valence electrons. The van der Waals surface area contributed by atoms with E-state index in [-0.39, 0.29) is 17.9 Å². The van der Waals surface area contributed by atoms with Crippen molar-refractivity contribution < 1.29 is 9.90 Å². The molecule has 2 aliphatic heterocycles. The molecule has 0 saturated carbocycles. The van der Waals surface area contributed by atoms with Crippen molar-refractivity contribution in [2.75, 3.05) is 39.3 Å². The molecule has 1 aromatic carbocycles. The van der Waals surface area contributed by atoms with Gasteiger partial charge in [0.1, 0.15) is 0 Å². The Bertz CT molecular complexity index is 724. The van der Waals surface area contributed by atoms with Crippen LogP contribution in [0.2, 0.25) is 0 Å². The minimum atomic E-state index is -0.0176. The molecule has 2 aliphatic rings. The first-order valence-electron chi connectivity index (χ1n) is 8.68. The van der Waals surface area contributed by atoms with E-state index < -0.39 is 0 Å². The van der Waals surface area contributed by atoms with Gasteiger partial charge in [-0.25, -0.2) is 0 Å². The number of amides is 1. The number of nitrogens with zero attached hydrogens (tertiary/aromatic N) is 4. The lowest BCUT2D eigenvalue weighted by molar-refractivity contribution is 0.0597. The highest BCUT2D eigenvalue weighted by Gasteiger charge is 2.50. The van der Waals surface area contributed by atoms with Crippen molar-refractivity contribution in [1.82, 2.24) is 19.4 Å². The van der Waals surface area contributed by atoms with Gasteiger partial charge in [0, 0.05) is 49.4 Å². The number of carbonyl (C=O) groups is 1. The van der Waals surface area contributed by atoms with Crippen molar-refractivity contribution in [2.45, 2.75) is 11.8 Å². The Labute approximate surface area is 151 Å². The van der Waals surface area contributed by atoms with Crippen LogP contribution in [0.4, 0.5) is 0 Å². The molecule has 1 aromatic heterocycles. The Morgan fingerprint density at radius 1 is 1.32 bits per heavy atom. The third-order valence-corrected chi connectivity index (χ3v) is 6.17. The van der Waals surface area contributed by atoms with Crippen LogP contribution >= 0.6 is 11.5 Å². The van der Waals surface area contributed by atoms with Crippen LogP contribution in [0, 0.1) is 5.92 Å². The summed E-state index contributed by atoms with van der Waals surface area (Å²) in [5.74, 6) is 0.349. The average molecular weight is 358 g/mol. The molecule has 1 N–H and O–H groups in total. The van der Waals surface area contributed by atoms with Gasteiger partial charge in [-0.2, -0.15) is 0 Å². The fourth-order valence-corrected chi connectivity index (χ4v) is 4.87. The molecule has 1 amide bonds. The summed E-state index contributed by atoms with van der Waals surface area (Å²) in [5.41, 5.74) is 1.86. The monoisotopic (exact) mass is 358 g/mol. The predicted molar refractivity (Wildman–Crippen MR) is 95.6 cm³/mol. The van der Waals surface area contributed by atoms with Gasteiger partial charge in [0.25, 0.3) is 5.91 Å². The summed E-state index contributed by atoms with van der Waals surface area (Å²) in [4.78, 5) is 16.9. The molecule has 0 aliphatic carbocycles. The Morgan fingerprint density at radius 3 is 2.88 bits per heavy atom. The van der Waals surface area contributed by atoms with E-state index in [1.54, 1.807) is 5.38 Å². The molecule has 0 spiro atoms. The van der Waals surface area contributed by atoms with Crippen LogP contribution in [0.5, 0.6) is 0 Å². The lowest BCUT2D eigenvalue weighted by atomic mass is 9.68. The minimum absolute atomic E-state index is 0.0176. The van der Waals surface area contributed by atoms with E-state index in [0.29, 0.717) is 18.2 Å². The third kappa shape index (κ3) is 2.96. The summed E-state index contributed by atoms with van der Waals surface area (Å²) in [6.07, 6.45) is 0.937. The van der Waals surface area contributed by atoms with Crippen molar-refractivity contribution in [3.05, 3.63) is 47.0 Å². The number of hydrogen-bond donors (Lipinski definition) is 1. The number of piperidine rings is 1. The molecular formula is C18H22N4O2S. The lowest BCUT2D eigenvalue weighted by Crippen LogP contribution is -2.51. The number of benzene rings is 1. The normalized spacial score (nSPS) is 26.6. The van der Waals surface area contributed by atoms with Gasteiger partial charge in [-0.1, -0.05) is 34.8 Å². The van der Waals surface area contributed by atoms with Crippen molar-refractivity contribution >= 4 is 17.4 Å². The fourth-order valence-electron chi connectivity index (χ4n) is 4.44. The summed E-state index contributed by atoms with van der Waals surface area (Å²) in [5, 5.41) is 15.0. The first-order valence-corrected chi connectivity index (χ1v) is 9.52. The molecule has 7 heteroatoms. The summed E-state index contributed by atoms with van der Waals surface area (Å²) in [7, 11) is 0. The highest BCUT2D eigenvalue weighted by molar-refractivity contribution is 7.03. The first kappa shape index (κ1) is 16.6. The SMILES string of the molecule is O=C(c1csnn1)N1CC[C@]2(c3ccccc3)CN(CCO)C[C@@H]2C1. The van der Waals surface area contributed by atoms with Gasteiger partial charge in [0.15, 0.2) is 5.69 Å². The number of aliphatic hydroxyl groups is 1. The zero-order chi connectivity index (χ0) is 17.3. The lowest BCUT2D eigenvalue weighted by Gasteiger charge is -2.44. The molecule has 6 nitrogen and oxygen atoms in total. The zero-order valence-electron chi connectivity index (χ0n) is 14.0. The number of rotatable bonds is 4. The molecule has 2 fully saturated rings. The van der Waals surface area contributed by atoms with Gasteiger partial charge in [-0.05, 0) is 23.5 Å². The smallest absolute Gasteiger partial charge is 0.275 e. The van der Waals surface area contributed by atoms with E-state index >= 15 is 0 Å². The number of fused-ring (bicyclic) bond motifs is 1. The minimum Gasteiger partial charge on any atom is -0.395 e. The van der Waals surface area contributed by atoms with Crippen LogP contribution in [0.1, 0.15) is 22.5 Å². The first-order chi connectivity index (χ1) is 12.2. The molecular weight excluding hydrogens is 336 g/mol. The molecule has 2 saturated heterocycles. The van der Waals surface area contributed by atoms with Crippen molar-refractivity contribution in [3.8, 4) is 0 Å². The van der Waals surface area contributed by atoms with Gasteiger partial charge in [0.05, 0.1) is 6.61 Å². The van der Waals surface area contributed by atoms with Crippen LogP contribution in [-0.4, -0.2) is 69.7 Å². The molecule has 4 rings (SSSR count). The van der Waals surface area contributed by atoms with Crippen molar-refractivity contribution in [1.29, 1.82) is 0 Å². The van der Waals surface area contributed by atoms with E-state index in [2.05, 4.69) is 38.8 Å². The van der Waals surface area contributed by atoms with Gasteiger partial charge in [0.2, 0.25) is 0 Å². The molecule has 2 aromatic rings. The van der Waals surface area contributed by atoms with Crippen LogP contribution in [0.15, 0.2) is 35.7 Å². The van der Waals surface area contributed by atoms with Crippen LogP contribution in [0.25, 0.3) is 0 Å². The van der Waals surface area contributed by atoms with Gasteiger partial charge in [-0.3, -0.25) is 9.69 Å². The average Bonchev–Trinajstić information content (AvgIpc) is 3.29. The zero-order valence-corrected chi connectivity index (χ0v) is 14.9. The van der Waals surface area contributed by atoms with E-state index in [9.17, 15) is 9.90 Å². The Hall–Kier alpha value is -1.83. The quantitative estimate of drug-likeness (QED) is 0.891. The highest BCUT2D eigenvalue weighted by Crippen LogP contribution is 2.45. The van der Waals surface area contributed by atoms with Crippen molar-refractivity contribution in [2.24, 2.45) is 5.92 Å². The number of β-amino-alcohol motifs (C(OH)–C–C–N with tert-alkyl or cyclic N) is 1. The maximum absolute atomic E-state index is 12.7. The fraction of sp³-hybridized carbons (Fsp3) is 0.500. The number of likely N-dealkylation sites (tertiary alicyclic amines) is 2. The standard InChI is InChI=1S/C18H22N4O2S/c23-9-8-21-10-15-11-22(17(24)16-12-25-20-19-16)7-6-18(15,13-21)14-4-2-1-3-5-14/h1-5,12,15,23H,6-11,13H2/t15-,18-/m1/s1. The maximum Gasteiger partial charge on any atom is 0.275 e. The third-order valence-electron chi connectivity index (χ3n) is 5.67. The second-order valence-corrected chi connectivity index (χ2v) is 7.58. The van der Waals surface area contributed by atoms with Crippen molar-refractivity contribution in [3.63, 3.8) is 0 Å². The molecule has 2 atom stereocenters. The second-order valence-electron chi connectivity index (χ2n) is 6.97. The highest BCUT2D eigenvalue weighted by atomic mass is 32.1. The maximum atomic E-state index is 12.7. The second kappa shape index (κ2) is 6.82. The van der Waals surface area contributed by atoms with E-state index in [0.717, 1.165) is 32.6 Å². The number of carbonyl (C=O) groups excluding carboxylic acids is 1. The van der Waals surface area contributed by atoms with E-state index in [4.69, 9.17) is 0 Å². The summed E-state index contributed by atoms with van der Waals surface area (Å²) in [6, 6.07) is 10.6. The molecule has 0 radical (unpaired) electrons. The van der Waals surface area contributed by atoms with Gasteiger partial charge >= 0.3 is 0 Å². The number of aromatic nitrogens is 2. The number of hydrogen-bond acceptors (Lipinski definition) is 6.